The van der Waals surface area contributed by atoms with Crippen molar-refractivity contribution < 1.29 is 14.1 Å². The first-order valence-corrected chi connectivity index (χ1v) is 10.4. The zero-order valence-electron chi connectivity index (χ0n) is 17.5. The Balaban J connectivity index is 1.57. The summed E-state index contributed by atoms with van der Waals surface area (Å²) in [6, 6.07) is 12.7. The van der Waals surface area contributed by atoms with Crippen molar-refractivity contribution in [2.24, 2.45) is 5.92 Å². The number of nitrogens with zero attached hydrogens (tertiary/aromatic N) is 3. The molecule has 0 radical (unpaired) electrons. The van der Waals surface area contributed by atoms with Crippen LogP contribution in [0.4, 0.5) is 0 Å². The lowest BCUT2D eigenvalue weighted by molar-refractivity contribution is -0.125. The predicted molar refractivity (Wildman–Crippen MR) is 114 cm³/mol. The average molecular weight is 419 g/mol. The third-order valence-electron chi connectivity index (χ3n) is 5.40. The van der Waals surface area contributed by atoms with Gasteiger partial charge in [-0.3, -0.25) is 14.6 Å². The maximum Gasteiger partial charge on any atom is 0.253 e. The lowest BCUT2D eigenvalue weighted by Crippen LogP contribution is -2.38. The van der Waals surface area contributed by atoms with Crippen LogP contribution in [-0.2, 0) is 4.79 Å². The first-order chi connectivity index (χ1) is 15.0. The summed E-state index contributed by atoms with van der Waals surface area (Å²) < 4.78 is 5.57. The minimum absolute atomic E-state index is 0.0269. The molecular formula is C23H25N5O3. The van der Waals surface area contributed by atoms with Crippen molar-refractivity contribution in [1.82, 2.24) is 25.8 Å². The molecule has 0 aliphatic heterocycles. The Bertz CT molecular complexity index is 1040. The zero-order valence-corrected chi connectivity index (χ0v) is 17.5. The fourth-order valence-corrected chi connectivity index (χ4v) is 3.93. The molecule has 4 rings (SSSR count). The number of hydrogen-bond acceptors (Lipinski definition) is 6. The summed E-state index contributed by atoms with van der Waals surface area (Å²) in [5.74, 6) is 0.141. The van der Waals surface area contributed by atoms with E-state index in [1.165, 1.54) is 6.20 Å². The molecule has 31 heavy (non-hydrogen) atoms. The van der Waals surface area contributed by atoms with E-state index in [-0.39, 0.29) is 35.7 Å². The Morgan fingerprint density at radius 1 is 1.10 bits per heavy atom. The first-order valence-electron chi connectivity index (χ1n) is 10.4. The van der Waals surface area contributed by atoms with E-state index >= 15 is 0 Å². The van der Waals surface area contributed by atoms with Gasteiger partial charge in [-0.25, -0.2) is 0 Å². The fraction of sp³-hybridized carbons (Fsp3) is 0.348. The molecule has 3 aromatic rings. The van der Waals surface area contributed by atoms with Crippen molar-refractivity contribution in [2.75, 3.05) is 0 Å². The summed E-state index contributed by atoms with van der Waals surface area (Å²) in [6.45, 7) is 3.85. The summed E-state index contributed by atoms with van der Waals surface area (Å²) in [7, 11) is 0. The third kappa shape index (κ3) is 4.79. The standard InChI is InChI=1S/C23H25N5O3/c1-14(2)25-22(30)17-11-18(19(12-17)26-21(29)16-9-6-10-24-13-16)23-27-20(28-31-23)15-7-4-3-5-8-15/h3-10,13-14,17-19H,11-12H2,1-2H3,(H,25,30)(H,26,29)/t17-,18-,19+/m1/s1. The van der Waals surface area contributed by atoms with Gasteiger partial charge in [-0.2, -0.15) is 4.98 Å². The Hall–Kier alpha value is -3.55. The van der Waals surface area contributed by atoms with Crippen LogP contribution < -0.4 is 10.6 Å². The van der Waals surface area contributed by atoms with Gasteiger partial charge in [-0.15, -0.1) is 0 Å². The van der Waals surface area contributed by atoms with E-state index in [9.17, 15) is 9.59 Å². The maximum atomic E-state index is 12.7. The molecule has 160 valence electrons. The summed E-state index contributed by atoms with van der Waals surface area (Å²) in [4.78, 5) is 34.0. The second-order valence-corrected chi connectivity index (χ2v) is 8.08. The first kappa shape index (κ1) is 20.7. The SMILES string of the molecule is CC(C)NC(=O)[C@H]1C[C@H](NC(=O)c2cccnc2)[C@H](c2nc(-c3ccccc3)no2)C1. The smallest absolute Gasteiger partial charge is 0.253 e. The number of aromatic nitrogens is 3. The molecule has 0 unspecified atom stereocenters. The van der Waals surface area contributed by atoms with Crippen molar-refractivity contribution in [2.45, 2.75) is 44.7 Å². The maximum absolute atomic E-state index is 12.7. The van der Waals surface area contributed by atoms with Gasteiger partial charge in [0.05, 0.1) is 11.5 Å². The van der Waals surface area contributed by atoms with E-state index in [0.717, 1.165) is 5.56 Å². The molecule has 0 saturated heterocycles. The second kappa shape index (κ2) is 9.07. The molecule has 0 spiro atoms. The number of carbonyl (C=O) groups excluding carboxylic acids is 2. The Morgan fingerprint density at radius 2 is 1.90 bits per heavy atom. The minimum atomic E-state index is -0.306. The summed E-state index contributed by atoms with van der Waals surface area (Å²) in [5, 5.41) is 10.1. The number of hydrogen-bond donors (Lipinski definition) is 2. The minimum Gasteiger partial charge on any atom is -0.354 e. The van der Waals surface area contributed by atoms with Gasteiger partial charge >= 0.3 is 0 Å². The lowest BCUT2D eigenvalue weighted by atomic mass is 10.0. The molecule has 2 N–H and O–H groups in total. The fourth-order valence-electron chi connectivity index (χ4n) is 3.93. The van der Waals surface area contributed by atoms with Crippen LogP contribution in [0.3, 0.4) is 0 Å². The highest BCUT2D eigenvalue weighted by atomic mass is 16.5. The molecule has 3 atom stereocenters. The summed E-state index contributed by atoms with van der Waals surface area (Å²) >= 11 is 0. The molecule has 2 amide bonds. The molecule has 1 saturated carbocycles. The van der Waals surface area contributed by atoms with E-state index in [2.05, 4.69) is 25.8 Å². The molecule has 1 aliphatic carbocycles. The van der Waals surface area contributed by atoms with Crippen LogP contribution in [0.5, 0.6) is 0 Å². The highest BCUT2D eigenvalue weighted by molar-refractivity contribution is 5.94. The van der Waals surface area contributed by atoms with E-state index in [1.54, 1.807) is 18.3 Å². The van der Waals surface area contributed by atoms with Gasteiger partial charge in [0.25, 0.3) is 5.91 Å². The van der Waals surface area contributed by atoms with Crippen LogP contribution in [0.2, 0.25) is 0 Å². The van der Waals surface area contributed by atoms with Crippen LogP contribution in [0.1, 0.15) is 48.9 Å². The second-order valence-electron chi connectivity index (χ2n) is 8.08. The molecule has 0 bridgehead atoms. The van der Waals surface area contributed by atoms with Gasteiger partial charge in [-0.1, -0.05) is 35.5 Å². The van der Waals surface area contributed by atoms with Crippen LogP contribution in [0.15, 0.2) is 59.4 Å². The molecule has 1 fully saturated rings. The highest BCUT2D eigenvalue weighted by Crippen LogP contribution is 2.39. The van der Waals surface area contributed by atoms with E-state index in [0.29, 0.717) is 30.1 Å². The van der Waals surface area contributed by atoms with Crippen LogP contribution in [-0.4, -0.2) is 39.0 Å². The molecule has 8 nitrogen and oxygen atoms in total. The van der Waals surface area contributed by atoms with Crippen LogP contribution >= 0.6 is 0 Å². The summed E-state index contributed by atoms with van der Waals surface area (Å²) in [6.07, 6.45) is 4.15. The summed E-state index contributed by atoms with van der Waals surface area (Å²) in [5.41, 5.74) is 1.31. The van der Waals surface area contributed by atoms with Crippen molar-refractivity contribution in [3.05, 3.63) is 66.3 Å². The quantitative estimate of drug-likeness (QED) is 0.636. The molecule has 1 aliphatic rings. The van der Waals surface area contributed by atoms with Gasteiger partial charge in [0.15, 0.2) is 0 Å². The van der Waals surface area contributed by atoms with Crippen LogP contribution in [0.25, 0.3) is 11.4 Å². The number of rotatable bonds is 6. The normalized spacial score (nSPS) is 20.5. The molecular weight excluding hydrogens is 394 g/mol. The van der Waals surface area contributed by atoms with Gasteiger partial charge in [-0.05, 0) is 38.8 Å². The zero-order chi connectivity index (χ0) is 21.8. The third-order valence-corrected chi connectivity index (χ3v) is 5.40. The molecule has 2 aromatic heterocycles. The van der Waals surface area contributed by atoms with Crippen molar-refractivity contribution >= 4 is 11.8 Å². The van der Waals surface area contributed by atoms with Gasteiger partial charge in [0, 0.05) is 36.0 Å². The highest BCUT2D eigenvalue weighted by Gasteiger charge is 2.42. The van der Waals surface area contributed by atoms with Gasteiger partial charge in [0.2, 0.25) is 17.6 Å². The predicted octanol–water partition coefficient (Wildman–Crippen LogP) is 2.95. The number of benzene rings is 1. The van der Waals surface area contributed by atoms with Crippen molar-refractivity contribution in [3.63, 3.8) is 0 Å². The molecule has 2 heterocycles. The van der Waals surface area contributed by atoms with Gasteiger partial charge < -0.3 is 15.2 Å². The lowest BCUT2D eigenvalue weighted by Gasteiger charge is -2.18. The van der Waals surface area contributed by atoms with Crippen LogP contribution in [0, 0.1) is 5.92 Å². The van der Waals surface area contributed by atoms with Gasteiger partial charge in [0.1, 0.15) is 0 Å². The number of amides is 2. The molecule has 1 aromatic carbocycles. The largest absolute Gasteiger partial charge is 0.354 e. The van der Waals surface area contributed by atoms with Crippen molar-refractivity contribution in [3.8, 4) is 11.4 Å². The van der Waals surface area contributed by atoms with Crippen molar-refractivity contribution in [1.29, 1.82) is 0 Å². The average Bonchev–Trinajstić information content (AvgIpc) is 3.42. The Morgan fingerprint density at radius 3 is 2.61 bits per heavy atom. The topological polar surface area (TPSA) is 110 Å². The number of nitrogens with one attached hydrogen (secondary N) is 2. The monoisotopic (exact) mass is 419 g/mol. The Kier molecular flexibility index (Phi) is 6.06. The number of pyridine rings is 1. The van der Waals surface area contributed by atoms with E-state index in [4.69, 9.17) is 4.52 Å². The van der Waals surface area contributed by atoms with E-state index < -0.39 is 0 Å². The molecule has 8 heteroatoms. The Labute approximate surface area is 180 Å². The number of carbonyl (C=O) groups is 2. The van der Waals surface area contributed by atoms with E-state index in [1.807, 2.05) is 44.2 Å².